The molecule has 0 radical (unpaired) electrons. The molecule has 0 saturated heterocycles. The van der Waals surface area contributed by atoms with Gasteiger partial charge in [0.2, 0.25) is 0 Å². The van der Waals surface area contributed by atoms with Gasteiger partial charge in [0.15, 0.2) is 0 Å². The summed E-state index contributed by atoms with van der Waals surface area (Å²) in [4.78, 5) is 6.13. The molecule has 1 aliphatic carbocycles. The molecule has 0 atom stereocenters. The first-order valence-electron chi connectivity index (χ1n) is 5.65. The van der Waals surface area contributed by atoms with Crippen LogP contribution >= 0.6 is 0 Å². The lowest BCUT2D eigenvalue weighted by Gasteiger charge is -2.15. The highest BCUT2D eigenvalue weighted by atomic mass is 14.7. The molecule has 88 valence electrons. The lowest BCUT2D eigenvalue weighted by Crippen LogP contribution is -2.18. The minimum absolute atomic E-state index is 0.240. The van der Waals surface area contributed by atoms with Crippen molar-refractivity contribution in [2.75, 3.05) is 0 Å². The van der Waals surface area contributed by atoms with E-state index in [-0.39, 0.29) is 11.4 Å². The maximum atomic E-state index is 8.09. The van der Waals surface area contributed by atoms with Gasteiger partial charge in [-0.15, -0.1) is 0 Å². The molecule has 2 heterocycles. The quantitative estimate of drug-likeness (QED) is 0.578. The van der Waals surface area contributed by atoms with E-state index in [1.807, 2.05) is 48.8 Å². The number of hydrogen-bond donors (Lipinski definition) is 4. The molecule has 0 saturated carbocycles. The highest BCUT2D eigenvalue weighted by molar-refractivity contribution is 6.68. The molecule has 18 heavy (non-hydrogen) atoms. The lowest BCUT2D eigenvalue weighted by molar-refractivity contribution is 1.34. The number of hydrogen-bond acceptors (Lipinski definition) is 2. The Morgan fingerprint density at radius 2 is 1.17 bits per heavy atom. The molecule has 0 unspecified atom stereocenters. The van der Waals surface area contributed by atoms with Gasteiger partial charge in [-0.05, 0) is 36.4 Å². The van der Waals surface area contributed by atoms with Crippen LogP contribution < -0.4 is 0 Å². The molecular formula is C14H12N4. The summed E-state index contributed by atoms with van der Waals surface area (Å²) in [7, 11) is 0. The Labute approximate surface area is 104 Å². The Hall–Kier alpha value is -2.62. The number of nitrogens with one attached hydrogen (secondary N) is 4. The zero-order valence-electron chi connectivity index (χ0n) is 9.62. The van der Waals surface area contributed by atoms with Gasteiger partial charge in [-0.3, -0.25) is 10.8 Å². The topological polar surface area (TPSA) is 79.3 Å². The summed E-state index contributed by atoms with van der Waals surface area (Å²) in [5, 5.41) is 16.2. The molecule has 0 bridgehead atoms. The summed E-state index contributed by atoms with van der Waals surface area (Å²) in [6, 6.07) is 7.58. The van der Waals surface area contributed by atoms with Crippen molar-refractivity contribution in [3.63, 3.8) is 0 Å². The van der Waals surface area contributed by atoms with Crippen molar-refractivity contribution in [1.29, 1.82) is 10.8 Å². The van der Waals surface area contributed by atoms with Crippen molar-refractivity contribution < 1.29 is 0 Å². The zero-order valence-corrected chi connectivity index (χ0v) is 9.62. The molecule has 0 amide bonds. The smallest absolute Gasteiger partial charge is 0.0889 e. The van der Waals surface area contributed by atoms with Gasteiger partial charge in [0.05, 0.1) is 11.4 Å². The summed E-state index contributed by atoms with van der Waals surface area (Å²) < 4.78 is 0. The van der Waals surface area contributed by atoms with E-state index in [0.717, 1.165) is 22.5 Å². The third-order valence-corrected chi connectivity index (χ3v) is 2.98. The number of allylic oxidation sites excluding steroid dienone is 4. The zero-order chi connectivity index (χ0) is 12.5. The van der Waals surface area contributed by atoms with Crippen molar-refractivity contribution in [3.05, 3.63) is 60.2 Å². The van der Waals surface area contributed by atoms with Crippen LogP contribution in [0.4, 0.5) is 0 Å². The van der Waals surface area contributed by atoms with E-state index in [4.69, 9.17) is 10.8 Å². The first-order chi connectivity index (χ1) is 8.77. The van der Waals surface area contributed by atoms with Crippen LogP contribution in [0.5, 0.6) is 0 Å². The van der Waals surface area contributed by atoms with E-state index in [9.17, 15) is 0 Å². The fraction of sp³-hybridized carbons (Fsp3) is 0. The third kappa shape index (κ3) is 1.55. The van der Waals surface area contributed by atoms with Crippen LogP contribution in [-0.2, 0) is 0 Å². The van der Waals surface area contributed by atoms with Crippen LogP contribution in [0.1, 0.15) is 11.4 Å². The Morgan fingerprint density at radius 1 is 0.722 bits per heavy atom. The largest absolute Gasteiger partial charge is 0.361 e. The molecule has 1 aliphatic rings. The second-order valence-electron chi connectivity index (χ2n) is 4.08. The lowest BCUT2D eigenvalue weighted by atomic mass is 9.91. The highest BCUT2D eigenvalue weighted by Crippen LogP contribution is 2.25. The van der Waals surface area contributed by atoms with Crippen LogP contribution in [0, 0.1) is 10.8 Å². The number of rotatable bonds is 2. The van der Waals surface area contributed by atoms with Crippen LogP contribution in [0.2, 0.25) is 0 Å². The summed E-state index contributed by atoms with van der Waals surface area (Å²) in [5.74, 6) is 0. The van der Waals surface area contributed by atoms with Crippen molar-refractivity contribution in [1.82, 2.24) is 9.97 Å². The van der Waals surface area contributed by atoms with Gasteiger partial charge >= 0.3 is 0 Å². The van der Waals surface area contributed by atoms with E-state index in [2.05, 4.69) is 9.97 Å². The fourth-order valence-corrected chi connectivity index (χ4v) is 2.05. The Bertz CT molecular complexity index is 594. The first-order valence-corrected chi connectivity index (χ1v) is 5.65. The Morgan fingerprint density at radius 3 is 1.50 bits per heavy atom. The van der Waals surface area contributed by atoms with Gasteiger partial charge in [0, 0.05) is 34.9 Å². The van der Waals surface area contributed by atoms with Crippen molar-refractivity contribution >= 4 is 22.6 Å². The second kappa shape index (κ2) is 4.00. The minimum atomic E-state index is 0.240. The second-order valence-corrected chi connectivity index (χ2v) is 4.08. The van der Waals surface area contributed by atoms with Gasteiger partial charge in [0.1, 0.15) is 0 Å². The molecule has 3 rings (SSSR count). The van der Waals surface area contributed by atoms with Crippen molar-refractivity contribution in [2.45, 2.75) is 0 Å². The van der Waals surface area contributed by atoms with E-state index in [1.165, 1.54) is 0 Å². The van der Waals surface area contributed by atoms with E-state index in [1.54, 1.807) is 0 Å². The summed E-state index contributed by atoms with van der Waals surface area (Å²) in [5.41, 5.74) is 3.72. The number of H-pyrrole nitrogens is 2. The fourth-order valence-electron chi connectivity index (χ4n) is 2.05. The minimum Gasteiger partial charge on any atom is -0.361 e. The first kappa shape index (κ1) is 10.5. The standard InChI is InChI=1S/C14H12N4/c15-13-9(11-3-1-7-17-11)5-6-10(14(13)16)12-4-2-8-18-12/h1-8,15-18H. The van der Waals surface area contributed by atoms with Crippen LogP contribution in [0.3, 0.4) is 0 Å². The summed E-state index contributed by atoms with van der Waals surface area (Å²) >= 11 is 0. The van der Waals surface area contributed by atoms with Gasteiger partial charge in [0.25, 0.3) is 0 Å². The monoisotopic (exact) mass is 236 g/mol. The number of aromatic nitrogens is 2. The predicted octanol–water partition coefficient (Wildman–Crippen LogP) is 2.86. The molecule has 0 fully saturated rings. The Kier molecular flexibility index (Phi) is 2.34. The van der Waals surface area contributed by atoms with Gasteiger partial charge < -0.3 is 9.97 Å². The maximum absolute atomic E-state index is 8.09. The van der Waals surface area contributed by atoms with Crippen molar-refractivity contribution in [2.24, 2.45) is 0 Å². The molecule has 0 aliphatic heterocycles. The summed E-state index contributed by atoms with van der Waals surface area (Å²) in [6.45, 7) is 0. The summed E-state index contributed by atoms with van der Waals surface area (Å²) in [6.07, 6.45) is 7.39. The highest BCUT2D eigenvalue weighted by Gasteiger charge is 2.21. The van der Waals surface area contributed by atoms with E-state index >= 15 is 0 Å². The van der Waals surface area contributed by atoms with Gasteiger partial charge in [-0.2, -0.15) is 0 Å². The molecule has 2 aromatic rings. The molecular weight excluding hydrogens is 224 g/mol. The maximum Gasteiger partial charge on any atom is 0.0889 e. The normalized spacial score (nSPS) is 15.6. The van der Waals surface area contributed by atoms with Gasteiger partial charge in [-0.1, -0.05) is 0 Å². The number of aromatic amines is 2. The molecule has 4 nitrogen and oxygen atoms in total. The van der Waals surface area contributed by atoms with Crippen LogP contribution in [0.15, 0.2) is 48.8 Å². The van der Waals surface area contributed by atoms with Crippen LogP contribution in [-0.4, -0.2) is 21.4 Å². The SMILES string of the molecule is N=C1C(=N)C(c2ccc[nH]2)=CC=C1c1ccc[nH]1. The molecule has 0 aromatic carbocycles. The average Bonchev–Trinajstić information content (AvgIpc) is 3.03. The molecule has 4 N–H and O–H groups in total. The molecule has 4 heteroatoms. The molecule has 0 spiro atoms. The van der Waals surface area contributed by atoms with E-state index < -0.39 is 0 Å². The average molecular weight is 236 g/mol. The molecule has 2 aromatic heterocycles. The van der Waals surface area contributed by atoms with Gasteiger partial charge in [-0.25, -0.2) is 0 Å². The van der Waals surface area contributed by atoms with Crippen molar-refractivity contribution in [3.8, 4) is 0 Å². The third-order valence-electron chi connectivity index (χ3n) is 2.98. The van der Waals surface area contributed by atoms with E-state index in [0.29, 0.717) is 0 Å². The Balaban J connectivity index is 2.07. The van der Waals surface area contributed by atoms with Crippen LogP contribution in [0.25, 0.3) is 11.1 Å². The predicted molar refractivity (Wildman–Crippen MR) is 73.0 cm³/mol.